The molecule has 0 radical (unpaired) electrons. The first-order valence-electron chi connectivity index (χ1n) is 6.91. The zero-order chi connectivity index (χ0) is 15.3. The minimum atomic E-state index is -3.92. The normalized spacial score (nSPS) is 11.5. The van der Waals surface area contributed by atoms with Gasteiger partial charge in [0, 0.05) is 30.7 Å². The van der Waals surface area contributed by atoms with Crippen LogP contribution in [0.15, 0.2) is 49.1 Å². The van der Waals surface area contributed by atoms with Crippen LogP contribution in [0.4, 0.5) is 0 Å². The molecule has 2 heterocycles. The van der Waals surface area contributed by atoms with Crippen molar-refractivity contribution in [3.8, 4) is 11.1 Å². The van der Waals surface area contributed by atoms with Crippen LogP contribution in [-0.2, 0) is 23.2 Å². The molecular weight excluding hydrogens is 288 g/mol. The summed E-state index contributed by atoms with van der Waals surface area (Å²) in [5.41, 5.74) is 2.19. The van der Waals surface area contributed by atoms with Gasteiger partial charge in [0.2, 0.25) is 0 Å². The van der Waals surface area contributed by atoms with Gasteiger partial charge in [0.25, 0.3) is 10.1 Å². The van der Waals surface area contributed by atoms with Crippen LogP contribution in [0.5, 0.6) is 0 Å². The summed E-state index contributed by atoms with van der Waals surface area (Å²) in [5, 5.41) is 0. The maximum absolute atomic E-state index is 10.7. The Bertz CT molecular complexity index is 680. The van der Waals surface area contributed by atoms with Gasteiger partial charge in [-0.1, -0.05) is 6.92 Å². The maximum atomic E-state index is 10.7. The van der Waals surface area contributed by atoms with Gasteiger partial charge in [-0.15, -0.1) is 0 Å². The second-order valence-electron chi connectivity index (χ2n) is 4.94. The van der Waals surface area contributed by atoms with Crippen LogP contribution >= 0.6 is 0 Å². The minimum Gasteiger partial charge on any atom is -0.285 e. The molecule has 0 aliphatic carbocycles. The molecule has 1 N–H and O–H groups in total. The fraction of sp³-hybridized carbons (Fsp3) is 0.333. The van der Waals surface area contributed by atoms with E-state index in [-0.39, 0.29) is 12.3 Å². The third-order valence-corrected chi connectivity index (χ3v) is 3.90. The van der Waals surface area contributed by atoms with Crippen LogP contribution in [-0.4, -0.2) is 18.7 Å². The molecule has 0 aliphatic rings. The molecule has 0 saturated heterocycles. The first kappa shape index (κ1) is 15.6. The lowest BCUT2D eigenvalue weighted by Crippen LogP contribution is -2.36. The average molecular weight is 308 g/mol. The lowest BCUT2D eigenvalue weighted by molar-refractivity contribution is -0.696. The Morgan fingerprint density at radius 3 is 1.71 bits per heavy atom. The Morgan fingerprint density at radius 2 is 1.33 bits per heavy atom. The van der Waals surface area contributed by atoms with Gasteiger partial charge in [-0.3, -0.25) is 4.55 Å². The van der Waals surface area contributed by atoms with Crippen molar-refractivity contribution in [3.05, 3.63) is 49.1 Å². The molecule has 0 spiro atoms. The summed E-state index contributed by atoms with van der Waals surface area (Å²) < 4.78 is 34.0. The zero-order valence-electron chi connectivity index (χ0n) is 12.0. The van der Waals surface area contributed by atoms with Crippen molar-refractivity contribution in [3.63, 3.8) is 0 Å². The fourth-order valence-corrected chi connectivity index (χ4v) is 2.52. The zero-order valence-corrected chi connectivity index (χ0v) is 12.8. The van der Waals surface area contributed by atoms with Gasteiger partial charge in [-0.2, -0.15) is 8.42 Å². The highest BCUT2D eigenvalue weighted by molar-refractivity contribution is 7.85. The van der Waals surface area contributed by atoms with Gasteiger partial charge < -0.3 is 0 Å². The smallest absolute Gasteiger partial charge is 0.271 e. The summed E-state index contributed by atoms with van der Waals surface area (Å²) in [7, 11) is -3.92. The molecule has 2 aromatic heterocycles. The van der Waals surface area contributed by atoms with Crippen LogP contribution in [0.25, 0.3) is 11.1 Å². The van der Waals surface area contributed by atoms with E-state index in [4.69, 9.17) is 4.55 Å². The summed E-state index contributed by atoms with van der Waals surface area (Å²) in [6, 6.07) is 7.99. The largest absolute Gasteiger partial charge is 0.285 e. The number of aryl methyl sites for hydroxylation is 2. The molecule has 0 aliphatic heterocycles. The van der Waals surface area contributed by atoms with Gasteiger partial charge >= 0.3 is 0 Å². The quantitative estimate of drug-likeness (QED) is 0.645. The molecule has 2 rings (SSSR count). The van der Waals surface area contributed by atoms with E-state index in [2.05, 4.69) is 36.0 Å². The molecule has 0 atom stereocenters. The Hall–Kier alpha value is -1.79. The minimum absolute atomic E-state index is 0.240. The van der Waals surface area contributed by atoms with Crippen molar-refractivity contribution in [1.29, 1.82) is 0 Å². The van der Waals surface area contributed by atoms with E-state index in [0.29, 0.717) is 0 Å². The molecule has 0 bridgehead atoms. The van der Waals surface area contributed by atoms with E-state index in [1.54, 1.807) is 4.57 Å². The Labute approximate surface area is 125 Å². The Morgan fingerprint density at radius 1 is 0.905 bits per heavy atom. The molecule has 2 aromatic rings. The molecule has 0 amide bonds. The highest BCUT2D eigenvalue weighted by Crippen LogP contribution is 2.15. The SMILES string of the molecule is CCC[n+]1ccc(-c2cc[n+](CCS(=O)(=O)O)cc2)cc1. The highest BCUT2D eigenvalue weighted by atomic mass is 32.2. The standard InChI is InChI=1S/C15H19N2O3S/c1-2-7-16-8-3-14(4-9-16)15-5-10-17(11-6-15)12-13-21(18,19)20/h3-6,8-11H,2,7,12-13H2,1H3/q+1/p+1. The van der Waals surface area contributed by atoms with Crippen molar-refractivity contribution >= 4 is 10.1 Å². The molecule has 112 valence electrons. The van der Waals surface area contributed by atoms with E-state index in [1.807, 2.05) is 24.5 Å². The topological polar surface area (TPSA) is 62.1 Å². The molecular formula is C15H20N2O3S+2. The van der Waals surface area contributed by atoms with E-state index in [9.17, 15) is 8.42 Å². The number of hydrogen-bond acceptors (Lipinski definition) is 2. The van der Waals surface area contributed by atoms with Gasteiger partial charge in [0.15, 0.2) is 31.3 Å². The van der Waals surface area contributed by atoms with Crippen molar-refractivity contribution < 1.29 is 22.1 Å². The van der Waals surface area contributed by atoms with Gasteiger partial charge in [0.05, 0.1) is 0 Å². The van der Waals surface area contributed by atoms with E-state index < -0.39 is 10.1 Å². The number of rotatable bonds is 6. The summed E-state index contributed by atoms with van der Waals surface area (Å²) in [6.45, 7) is 3.39. The number of hydrogen-bond donors (Lipinski definition) is 1. The van der Waals surface area contributed by atoms with E-state index in [1.165, 1.54) is 0 Å². The fourth-order valence-electron chi connectivity index (χ4n) is 2.08. The van der Waals surface area contributed by atoms with Crippen molar-refractivity contribution in [1.82, 2.24) is 0 Å². The molecule has 5 nitrogen and oxygen atoms in total. The summed E-state index contributed by atoms with van der Waals surface area (Å²) >= 11 is 0. The molecule has 0 unspecified atom stereocenters. The highest BCUT2D eigenvalue weighted by Gasteiger charge is 2.10. The van der Waals surface area contributed by atoms with Crippen molar-refractivity contribution in [2.75, 3.05) is 5.75 Å². The van der Waals surface area contributed by atoms with Crippen LogP contribution in [0.2, 0.25) is 0 Å². The summed E-state index contributed by atoms with van der Waals surface area (Å²) in [6.07, 6.45) is 8.83. The van der Waals surface area contributed by atoms with Crippen molar-refractivity contribution in [2.45, 2.75) is 26.4 Å². The molecule has 0 saturated carbocycles. The Kier molecular flexibility index (Phi) is 5.03. The number of pyridine rings is 2. The van der Waals surface area contributed by atoms with Gasteiger partial charge in [0.1, 0.15) is 12.3 Å². The third kappa shape index (κ3) is 4.91. The monoisotopic (exact) mass is 308 g/mol. The predicted molar refractivity (Wildman–Crippen MR) is 79.0 cm³/mol. The summed E-state index contributed by atoms with van der Waals surface area (Å²) in [4.78, 5) is 0. The molecule has 0 aromatic carbocycles. The first-order valence-corrected chi connectivity index (χ1v) is 8.52. The van der Waals surface area contributed by atoms with Crippen LogP contribution in [0, 0.1) is 0 Å². The van der Waals surface area contributed by atoms with Crippen LogP contribution in [0.3, 0.4) is 0 Å². The van der Waals surface area contributed by atoms with Crippen LogP contribution in [0.1, 0.15) is 13.3 Å². The van der Waals surface area contributed by atoms with Gasteiger partial charge in [-0.25, -0.2) is 9.13 Å². The second kappa shape index (κ2) is 6.78. The average Bonchev–Trinajstić information content (AvgIpc) is 2.46. The van der Waals surface area contributed by atoms with Gasteiger partial charge in [-0.05, 0) is 11.1 Å². The molecule has 0 fully saturated rings. The lowest BCUT2D eigenvalue weighted by atomic mass is 10.1. The summed E-state index contributed by atoms with van der Waals surface area (Å²) in [5.74, 6) is -0.278. The number of nitrogens with zero attached hydrogens (tertiary/aromatic N) is 2. The first-order chi connectivity index (χ1) is 9.98. The van der Waals surface area contributed by atoms with E-state index >= 15 is 0 Å². The Balaban J connectivity index is 2.07. The molecule has 6 heteroatoms. The lowest BCUT2D eigenvalue weighted by Gasteiger charge is -2.01. The van der Waals surface area contributed by atoms with E-state index in [0.717, 1.165) is 24.1 Å². The third-order valence-electron chi connectivity index (χ3n) is 3.20. The van der Waals surface area contributed by atoms with Crippen LogP contribution < -0.4 is 9.13 Å². The predicted octanol–water partition coefficient (Wildman–Crippen LogP) is 1.23. The van der Waals surface area contributed by atoms with Crippen molar-refractivity contribution in [2.24, 2.45) is 0 Å². The second-order valence-corrected chi connectivity index (χ2v) is 6.51. The maximum Gasteiger partial charge on any atom is 0.271 e. The molecule has 21 heavy (non-hydrogen) atoms. The number of aromatic nitrogens is 2.